The maximum atomic E-state index is 11.4. The van der Waals surface area contributed by atoms with E-state index in [0.717, 1.165) is 6.92 Å². The second-order valence-corrected chi connectivity index (χ2v) is 4.89. The van der Waals surface area contributed by atoms with Gasteiger partial charge in [0.2, 0.25) is 16.0 Å². The predicted molar refractivity (Wildman–Crippen MR) is 50.6 cm³/mol. The molecule has 1 aromatic rings. The van der Waals surface area contributed by atoms with Gasteiger partial charge in [-0.3, -0.25) is 9.52 Å². The van der Waals surface area contributed by atoms with Crippen LogP contribution in [-0.2, 0) is 21.9 Å². The molecule has 0 aliphatic rings. The molecule has 0 saturated heterocycles. The van der Waals surface area contributed by atoms with E-state index in [9.17, 15) is 13.2 Å². The average Bonchev–Trinajstić information content (AvgIpc) is 2.50. The first kappa shape index (κ1) is 11.4. The van der Waals surface area contributed by atoms with Crippen LogP contribution in [0.25, 0.3) is 0 Å². The van der Waals surface area contributed by atoms with E-state index in [2.05, 4.69) is 10.2 Å². The van der Waals surface area contributed by atoms with Crippen molar-refractivity contribution >= 4 is 21.9 Å². The largest absolute Gasteiger partial charge is 0.480 e. The molecule has 0 saturated carbocycles. The van der Waals surface area contributed by atoms with Crippen molar-refractivity contribution in [3.8, 4) is 0 Å². The van der Waals surface area contributed by atoms with Crippen LogP contribution in [0.4, 0.5) is 5.95 Å². The Morgan fingerprint density at radius 3 is 2.67 bits per heavy atom. The SMILES string of the molecule is CC(C(=O)O)S(=O)(=O)Nc1nncn1C. The van der Waals surface area contributed by atoms with E-state index < -0.39 is 21.2 Å². The lowest BCUT2D eigenvalue weighted by Crippen LogP contribution is -2.32. The van der Waals surface area contributed by atoms with Gasteiger partial charge in [0.1, 0.15) is 6.33 Å². The molecule has 0 bridgehead atoms. The van der Waals surface area contributed by atoms with Crippen molar-refractivity contribution in [2.75, 3.05) is 4.72 Å². The van der Waals surface area contributed by atoms with Crippen LogP contribution in [0.1, 0.15) is 6.92 Å². The zero-order chi connectivity index (χ0) is 11.6. The number of hydrogen-bond donors (Lipinski definition) is 2. The molecule has 1 aromatic heterocycles. The second-order valence-electron chi connectivity index (χ2n) is 2.89. The van der Waals surface area contributed by atoms with Crippen molar-refractivity contribution < 1.29 is 18.3 Å². The van der Waals surface area contributed by atoms with Crippen LogP contribution < -0.4 is 4.72 Å². The standard InChI is InChI=1S/C6H10N4O4S/c1-4(5(11)12)15(13,14)9-6-8-7-3-10(6)2/h3-4H,1-2H3,(H,8,9)(H,11,12). The van der Waals surface area contributed by atoms with Gasteiger partial charge in [0.05, 0.1) is 0 Å². The number of nitrogens with zero attached hydrogens (tertiary/aromatic N) is 3. The van der Waals surface area contributed by atoms with Crippen LogP contribution >= 0.6 is 0 Å². The van der Waals surface area contributed by atoms with Crippen LogP contribution in [0.5, 0.6) is 0 Å². The maximum absolute atomic E-state index is 11.4. The van der Waals surface area contributed by atoms with Crippen molar-refractivity contribution in [3.05, 3.63) is 6.33 Å². The Labute approximate surface area is 86.0 Å². The summed E-state index contributed by atoms with van der Waals surface area (Å²) >= 11 is 0. The normalized spacial score (nSPS) is 13.5. The lowest BCUT2D eigenvalue weighted by molar-refractivity contribution is -0.136. The quantitative estimate of drug-likeness (QED) is 0.692. The predicted octanol–water partition coefficient (Wildman–Crippen LogP) is -0.970. The Hall–Kier alpha value is -1.64. The third kappa shape index (κ3) is 2.43. The Morgan fingerprint density at radius 1 is 1.67 bits per heavy atom. The highest BCUT2D eigenvalue weighted by molar-refractivity contribution is 7.94. The molecule has 0 aromatic carbocycles. The van der Waals surface area contributed by atoms with Crippen LogP contribution in [0, 0.1) is 0 Å². The van der Waals surface area contributed by atoms with Crippen LogP contribution in [0.2, 0.25) is 0 Å². The topological polar surface area (TPSA) is 114 Å². The third-order valence-corrected chi connectivity index (χ3v) is 3.36. The van der Waals surface area contributed by atoms with Crippen LogP contribution in [-0.4, -0.2) is 39.5 Å². The first-order valence-electron chi connectivity index (χ1n) is 3.93. The summed E-state index contributed by atoms with van der Waals surface area (Å²) < 4.78 is 26.2. The van der Waals surface area contributed by atoms with Gasteiger partial charge in [0, 0.05) is 7.05 Å². The average molecular weight is 234 g/mol. The molecule has 1 heterocycles. The van der Waals surface area contributed by atoms with Gasteiger partial charge in [0.25, 0.3) is 0 Å². The number of carboxylic acid groups (broad SMARTS) is 1. The number of carbonyl (C=O) groups is 1. The highest BCUT2D eigenvalue weighted by atomic mass is 32.2. The fourth-order valence-corrected chi connectivity index (χ4v) is 1.61. The number of hydrogen-bond acceptors (Lipinski definition) is 5. The van der Waals surface area contributed by atoms with Gasteiger partial charge in [-0.05, 0) is 6.92 Å². The van der Waals surface area contributed by atoms with E-state index in [1.54, 1.807) is 0 Å². The zero-order valence-electron chi connectivity index (χ0n) is 8.08. The summed E-state index contributed by atoms with van der Waals surface area (Å²) in [5, 5.41) is 13.9. The number of rotatable bonds is 4. The van der Waals surface area contributed by atoms with E-state index in [-0.39, 0.29) is 5.95 Å². The van der Waals surface area contributed by atoms with Crippen molar-refractivity contribution in [2.45, 2.75) is 12.2 Å². The van der Waals surface area contributed by atoms with Crippen molar-refractivity contribution in [1.82, 2.24) is 14.8 Å². The summed E-state index contributed by atoms with van der Waals surface area (Å²) in [5.41, 5.74) is 0. The number of nitrogens with one attached hydrogen (secondary N) is 1. The van der Waals surface area contributed by atoms with E-state index in [0.29, 0.717) is 0 Å². The third-order valence-electron chi connectivity index (χ3n) is 1.76. The number of aromatic nitrogens is 3. The number of sulfonamides is 1. The summed E-state index contributed by atoms with van der Waals surface area (Å²) in [6, 6.07) is 0. The van der Waals surface area contributed by atoms with E-state index in [1.807, 2.05) is 4.72 Å². The first-order valence-corrected chi connectivity index (χ1v) is 5.47. The molecule has 0 amide bonds. The van der Waals surface area contributed by atoms with Gasteiger partial charge in [-0.1, -0.05) is 0 Å². The molecule has 0 radical (unpaired) electrons. The fourth-order valence-electron chi connectivity index (χ4n) is 0.724. The van der Waals surface area contributed by atoms with Crippen LogP contribution in [0.3, 0.4) is 0 Å². The fraction of sp³-hybridized carbons (Fsp3) is 0.500. The molecule has 0 aliphatic carbocycles. The van der Waals surface area contributed by atoms with Gasteiger partial charge in [-0.25, -0.2) is 8.42 Å². The van der Waals surface area contributed by atoms with Gasteiger partial charge < -0.3 is 9.67 Å². The molecule has 15 heavy (non-hydrogen) atoms. The van der Waals surface area contributed by atoms with Crippen LogP contribution in [0.15, 0.2) is 6.33 Å². The summed E-state index contributed by atoms with van der Waals surface area (Å²) in [7, 11) is -2.45. The molecule has 0 fully saturated rings. The van der Waals surface area contributed by atoms with Gasteiger partial charge in [-0.15, -0.1) is 10.2 Å². The molecule has 9 heteroatoms. The van der Waals surface area contributed by atoms with Crippen molar-refractivity contribution in [1.29, 1.82) is 0 Å². The summed E-state index contributed by atoms with van der Waals surface area (Å²) in [4.78, 5) is 10.5. The minimum atomic E-state index is -3.98. The number of aliphatic carboxylic acids is 1. The minimum absolute atomic E-state index is 0.0249. The Kier molecular flexibility index (Phi) is 2.93. The Bertz CT molecular complexity index is 465. The Morgan fingerprint density at radius 2 is 2.27 bits per heavy atom. The monoisotopic (exact) mass is 234 g/mol. The molecule has 0 spiro atoms. The number of anilines is 1. The highest BCUT2D eigenvalue weighted by Crippen LogP contribution is 2.07. The van der Waals surface area contributed by atoms with Crippen molar-refractivity contribution in [2.24, 2.45) is 7.05 Å². The van der Waals surface area contributed by atoms with E-state index in [1.165, 1.54) is 17.9 Å². The molecule has 2 N–H and O–H groups in total. The molecule has 84 valence electrons. The molecular weight excluding hydrogens is 224 g/mol. The second kappa shape index (κ2) is 3.85. The number of carboxylic acids is 1. The first-order chi connectivity index (χ1) is 6.84. The smallest absolute Gasteiger partial charge is 0.323 e. The molecule has 1 unspecified atom stereocenters. The van der Waals surface area contributed by atoms with Gasteiger partial charge >= 0.3 is 5.97 Å². The minimum Gasteiger partial charge on any atom is -0.480 e. The zero-order valence-corrected chi connectivity index (χ0v) is 8.89. The van der Waals surface area contributed by atoms with Gasteiger partial charge in [-0.2, -0.15) is 0 Å². The Balaban J connectivity index is 2.91. The lowest BCUT2D eigenvalue weighted by atomic mass is 10.5. The summed E-state index contributed by atoms with van der Waals surface area (Å²) in [5.74, 6) is -1.45. The summed E-state index contributed by atoms with van der Waals surface area (Å²) in [6.45, 7) is 1.07. The van der Waals surface area contributed by atoms with Gasteiger partial charge in [0.15, 0.2) is 5.25 Å². The molecular formula is C6H10N4O4S. The van der Waals surface area contributed by atoms with E-state index >= 15 is 0 Å². The molecule has 8 nitrogen and oxygen atoms in total. The molecule has 0 aliphatic heterocycles. The number of aryl methyl sites for hydroxylation is 1. The molecule has 1 rings (SSSR count). The summed E-state index contributed by atoms with van der Waals surface area (Å²) in [6.07, 6.45) is 1.29. The van der Waals surface area contributed by atoms with Crippen molar-refractivity contribution in [3.63, 3.8) is 0 Å². The molecule has 1 atom stereocenters. The lowest BCUT2D eigenvalue weighted by Gasteiger charge is -2.09. The highest BCUT2D eigenvalue weighted by Gasteiger charge is 2.28. The van der Waals surface area contributed by atoms with E-state index in [4.69, 9.17) is 5.11 Å². The maximum Gasteiger partial charge on any atom is 0.323 e.